The van der Waals surface area contributed by atoms with Crippen molar-refractivity contribution in [2.45, 2.75) is 58.9 Å². The molecule has 1 aliphatic heterocycles. The average molecular weight is 541 g/mol. The number of β-lactam (4-membered cyclic amide) rings is 1. The van der Waals surface area contributed by atoms with Crippen molar-refractivity contribution in [3.8, 4) is 5.75 Å². The van der Waals surface area contributed by atoms with E-state index in [9.17, 15) is 14.4 Å². The smallest absolute Gasteiger partial charge is 0.338 e. The van der Waals surface area contributed by atoms with Gasteiger partial charge in [-0.25, -0.2) is 14.5 Å². The molecule has 2 atom stereocenters. The van der Waals surface area contributed by atoms with E-state index in [0.29, 0.717) is 30.6 Å². The number of urea groups is 1. The largest absolute Gasteiger partial charge is 0.469 e. The number of hydrogen-bond acceptors (Lipinski definition) is 5. The monoisotopic (exact) mass is 540 g/mol. The normalized spacial score (nSPS) is 16.4. The van der Waals surface area contributed by atoms with Gasteiger partial charge in [-0.05, 0) is 61.6 Å². The Labute approximate surface area is 235 Å². The van der Waals surface area contributed by atoms with Gasteiger partial charge in [-0.1, -0.05) is 80.1 Å². The lowest BCUT2D eigenvalue weighted by Gasteiger charge is -2.53. The predicted molar refractivity (Wildman–Crippen MR) is 154 cm³/mol. The molecule has 1 fully saturated rings. The minimum atomic E-state index is -0.817. The van der Waals surface area contributed by atoms with E-state index < -0.39 is 23.6 Å². The van der Waals surface area contributed by atoms with E-state index in [1.165, 1.54) is 4.90 Å². The fraction of sp³-hybridized carbons (Fsp3) is 0.303. The second kappa shape index (κ2) is 12.6. The summed E-state index contributed by atoms with van der Waals surface area (Å²) >= 11 is 0. The van der Waals surface area contributed by atoms with Gasteiger partial charge in [0, 0.05) is 0 Å². The maximum absolute atomic E-state index is 13.4. The number of carbonyl (C=O) groups is 3. The second-order valence-electron chi connectivity index (χ2n) is 10.0. The molecule has 4 rings (SSSR count). The average Bonchev–Trinajstić information content (AvgIpc) is 2.97. The molecule has 0 aliphatic carbocycles. The Kier molecular flexibility index (Phi) is 9.04. The highest BCUT2D eigenvalue weighted by Crippen LogP contribution is 2.46. The molecule has 1 saturated heterocycles. The van der Waals surface area contributed by atoms with Crippen LogP contribution in [0.1, 0.15) is 66.2 Å². The number of aryl methyl sites for hydroxylation is 1. The first-order chi connectivity index (χ1) is 19.3. The molecule has 0 saturated carbocycles. The standard InChI is InChI=1S/C33H36N2O5/c1-5-11-28(25-16-14-23(4)15-17-25)34-32(38)35-30(37)33(6-2,7-3)31(35)40-27-20-18-26(19-21-27)29(36)39-22-24-12-9-8-10-13-24/h5,8-10,12-21,28,31H,1,6-7,11,22H2,2-4H3,(H,34,38)/t28?,31-/m0/s1. The van der Waals surface area contributed by atoms with Crippen molar-refractivity contribution in [1.29, 1.82) is 0 Å². The lowest BCUT2D eigenvalue weighted by molar-refractivity contribution is -0.191. The van der Waals surface area contributed by atoms with Crippen molar-refractivity contribution in [2.24, 2.45) is 5.41 Å². The minimum Gasteiger partial charge on any atom is -0.469 e. The van der Waals surface area contributed by atoms with Crippen LogP contribution in [0.15, 0.2) is 91.5 Å². The van der Waals surface area contributed by atoms with Crippen LogP contribution in [0, 0.1) is 12.3 Å². The highest BCUT2D eigenvalue weighted by atomic mass is 16.5. The molecule has 7 heteroatoms. The summed E-state index contributed by atoms with van der Waals surface area (Å²) in [6.45, 7) is 9.85. The molecule has 0 aromatic heterocycles. The molecule has 0 bridgehead atoms. The molecule has 1 aliphatic rings. The summed E-state index contributed by atoms with van der Waals surface area (Å²) in [6.07, 6.45) is 2.51. The number of carbonyl (C=O) groups excluding carboxylic acids is 3. The Morgan fingerprint density at radius 2 is 1.65 bits per heavy atom. The molecule has 7 nitrogen and oxygen atoms in total. The van der Waals surface area contributed by atoms with E-state index in [1.54, 1.807) is 30.3 Å². The zero-order valence-corrected chi connectivity index (χ0v) is 23.3. The number of amides is 3. The number of likely N-dealkylation sites (tertiary alicyclic amines) is 1. The van der Waals surface area contributed by atoms with Crippen molar-refractivity contribution < 1.29 is 23.9 Å². The van der Waals surface area contributed by atoms with Gasteiger partial charge in [0.1, 0.15) is 17.8 Å². The van der Waals surface area contributed by atoms with Gasteiger partial charge in [-0.2, -0.15) is 0 Å². The lowest BCUT2D eigenvalue weighted by Crippen LogP contribution is -2.73. The van der Waals surface area contributed by atoms with Gasteiger partial charge in [0.05, 0.1) is 11.6 Å². The first-order valence-electron chi connectivity index (χ1n) is 13.6. The van der Waals surface area contributed by atoms with Gasteiger partial charge >= 0.3 is 12.0 Å². The minimum absolute atomic E-state index is 0.178. The van der Waals surface area contributed by atoms with Crippen LogP contribution in [0.2, 0.25) is 0 Å². The summed E-state index contributed by atoms with van der Waals surface area (Å²) in [5, 5.41) is 2.99. The van der Waals surface area contributed by atoms with Crippen molar-refractivity contribution in [3.63, 3.8) is 0 Å². The number of nitrogens with one attached hydrogen (secondary N) is 1. The summed E-state index contributed by atoms with van der Waals surface area (Å²) in [5.74, 6) is -0.263. The second-order valence-corrected chi connectivity index (χ2v) is 10.0. The number of ether oxygens (including phenoxy) is 2. The molecular weight excluding hydrogens is 504 g/mol. The molecule has 0 radical (unpaired) electrons. The number of benzene rings is 3. The van der Waals surface area contributed by atoms with E-state index in [-0.39, 0.29) is 18.6 Å². The topological polar surface area (TPSA) is 84.9 Å². The van der Waals surface area contributed by atoms with Gasteiger partial charge in [-0.15, -0.1) is 6.58 Å². The van der Waals surface area contributed by atoms with Crippen LogP contribution in [0.25, 0.3) is 0 Å². The van der Waals surface area contributed by atoms with Crippen LogP contribution in [0.5, 0.6) is 5.75 Å². The van der Waals surface area contributed by atoms with Crippen LogP contribution < -0.4 is 10.1 Å². The Morgan fingerprint density at radius 3 is 2.25 bits per heavy atom. The maximum Gasteiger partial charge on any atom is 0.338 e. The molecule has 1 N–H and O–H groups in total. The molecule has 3 amide bonds. The zero-order chi connectivity index (χ0) is 28.7. The highest BCUT2D eigenvalue weighted by Gasteiger charge is 2.63. The van der Waals surface area contributed by atoms with Crippen molar-refractivity contribution >= 4 is 17.9 Å². The van der Waals surface area contributed by atoms with Crippen LogP contribution in [-0.4, -0.2) is 29.0 Å². The van der Waals surface area contributed by atoms with Crippen molar-refractivity contribution in [1.82, 2.24) is 10.2 Å². The van der Waals surface area contributed by atoms with Gasteiger partial charge in [0.25, 0.3) is 0 Å². The number of rotatable bonds is 11. The summed E-state index contributed by atoms with van der Waals surface area (Å²) in [6, 6.07) is 23.0. The van der Waals surface area contributed by atoms with Crippen molar-refractivity contribution in [2.75, 3.05) is 0 Å². The summed E-state index contributed by atoms with van der Waals surface area (Å²) < 4.78 is 11.7. The van der Waals surface area contributed by atoms with Crippen molar-refractivity contribution in [3.05, 3.63) is 114 Å². The molecule has 208 valence electrons. The third-order valence-corrected chi connectivity index (χ3v) is 7.56. The molecule has 1 unspecified atom stereocenters. The molecule has 1 heterocycles. The third-order valence-electron chi connectivity index (χ3n) is 7.56. The number of hydrogen-bond donors (Lipinski definition) is 1. The molecule has 3 aromatic carbocycles. The highest BCUT2D eigenvalue weighted by molar-refractivity contribution is 6.03. The number of nitrogens with zero attached hydrogens (tertiary/aromatic N) is 1. The molecule has 3 aromatic rings. The van der Waals surface area contributed by atoms with Crippen LogP contribution in [0.3, 0.4) is 0 Å². The molecule has 0 spiro atoms. The predicted octanol–water partition coefficient (Wildman–Crippen LogP) is 6.73. The zero-order valence-electron chi connectivity index (χ0n) is 23.3. The first-order valence-corrected chi connectivity index (χ1v) is 13.6. The summed E-state index contributed by atoms with van der Waals surface area (Å²) in [4.78, 5) is 40.5. The van der Waals surface area contributed by atoms with E-state index in [0.717, 1.165) is 16.7 Å². The third kappa shape index (κ3) is 5.93. The number of esters is 1. The van der Waals surface area contributed by atoms with Crippen LogP contribution >= 0.6 is 0 Å². The van der Waals surface area contributed by atoms with Gasteiger partial charge in [0.15, 0.2) is 6.23 Å². The lowest BCUT2D eigenvalue weighted by atomic mass is 9.72. The summed E-state index contributed by atoms with van der Waals surface area (Å²) in [5.41, 5.74) is 2.51. The summed E-state index contributed by atoms with van der Waals surface area (Å²) in [7, 11) is 0. The van der Waals surface area contributed by atoms with E-state index >= 15 is 0 Å². The van der Waals surface area contributed by atoms with E-state index in [2.05, 4.69) is 11.9 Å². The Morgan fingerprint density at radius 1 is 1.00 bits per heavy atom. The number of imide groups is 1. The maximum atomic E-state index is 13.4. The fourth-order valence-electron chi connectivity index (χ4n) is 4.97. The SMILES string of the molecule is C=CCC(NC(=O)N1C(=O)C(CC)(CC)[C@@H]1Oc1ccc(C(=O)OCc2ccccc2)cc1)c1ccc(C)cc1. The first kappa shape index (κ1) is 28.6. The molecular formula is C33H36N2O5. The molecule has 40 heavy (non-hydrogen) atoms. The van der Waals surface area contributed by atoms with Gasteiger partial charge in [0.2, 0.25) is 5.91 Å². The Bertz CT molecular complexity index is 1330. The van der Waals surface area contributed by atoms with Gasteiger partial charge in [-0.3, -0.25) is 4.79 Å². The Hall–Kier alpha value is -4.39. The van der Waals surface area contributed by atoms with Gasteiger partial charge < -0.3 is 14.8 Å². The van der Waals surface area contributed by atoms with E-state index in [1.807, 2.05) is 75.4 Å². The quantitative estimate of drug-likeness (QED) is 0.166. The fourth-order valence-corrected chi connectivity index (χ4v) is 4.97. The van der Waals surface area contributed by atoms with Crippen LogP contribution in [-0.2, 0) is 16.1 Å². The van der Waals surface area contributed by atoms with Crippen LogP contribution in [0.4, 0.5) is 4.79 Å². The van der Waals surface area contributed by atoms with E-state index in [4.69, 9.17) is 9.47 Å². The Balaban J connectivity index is 1.47.